The fourth-order valence-corrected chi connectivity index (χ4v) is 8.84. The van der Waals surface area contributed by atoms with Crippen LogP contribution in [0.5, 0.6) is 5.75 Å². The number of amides is 3. The molecule has 3 atom stereocenters. The Bertz CT molecular complexity index is 1970. The predicted octanol–water partition coefficient (Wildman–Crippen LogP) is 4.57. The van der Waals surface area contributed by atoms with Crippen LogP contribution >= 0.6 is 11.6 Å². The van der Waals surface area contributed by atoms with E-state index >= 15 is 0 Å². The number of aliphatic carboxylic acids is 1. The van der Waals surface area contributed by atoms with Crippen LogP contribution < -0.4 is 15.8 Å². The molecule has 5 N–H and O–H groups in total. The van der Waals surface area contributed by atoms with Gasteiger partial charge in [0.25, 0.3) is 0 Å². The number of hydrogen-bond donors (Lipinski definition) is 4. The van der Waals surface area contributed by atoms with E-state index in [1.54, 1.807) is 24.4 Å². The van der Waals surface area contributed by atoms with Crippen LogP contribution in [0.2, 0.25) is 5.02 Å². The van der Waals surface area contributed by atoms with Crippen molar-refractivity contribution in [3.8, 4) is 5.75 Å². The monoisotopic (exact) mass is 846 g/mol. The fraction of sp³-hybridized carbons (Fsp3) is 0.533. The molecule has 0 saturated carbocycles. The van der Waals surface area contributed by atoms with Crippen molar-refractivity contribution in [1.29, 1.82) is 0 Å². The van der Waals surface area contributed by atoms with Gasteiger partial charge in [-0.05, 0) is 87.7 Å². The Balaban J connectivity index is 1.01. The van der Waals surface area contributed by atoms with E-state index in [9.17, 15) is 29.4 Å². The Morgan fingerprint density at radius 2 is 1.67 bits per heavy atom. The number of rotatable bonds is 19. The SMILES string of the molecule is C[C@@](CO)(NCc1cc(Cl)c(CCC(=O)N2CCCC3(CCCN(C(=O)CCCN4CC[C@@H](OCc5ccccc5)C4)C3)C2)cc1OCc1cncc(C(N)=O)c1)C(=O)O. The van der Waals surface area contributed by atoms with Crippen molar-refractivity contribution in [3.63, 3.8) is 0 Å². The van der Waals surface area contributed by atoms with Gasteiger partial charge in [-0.25, -0.2) is 0 Å². The number of carbonyl (C=O) groups excluding carboxylic acids is 3. The van der Waals surface area contributed by atoms with Crippen LogP contribution in [0.15, 0.2) is 60.9 Å². The number of primary amides is 1. The van der Waals surface area contributed by atoms with Gasteiger partial charge < -0.3 is 40.1 Å². The molecule has 3 fully saturated rings. The van der Waals surface area contributed by atoms with Crippen molar-refractivity contribution in [2.24, 2.45) is 11.1 Å². The zero-order valence-corrected chi connectivity index (χ0v) is 35.3. The highest BCUT2D eigenvalue weighted by Gasteiger charge is 2.41. The molecule has 1 aromatic heterocycles. The number of benzene rings is 2. The number of nitrogens with zero attached hydrogens (tertiary/aromatic N) is 4. The lowest BCUT2D eigenvalue weighted by molar-refractivity contribution is -0.146. The van der Waals surface area contributed by atoms with Crippen LogP contribution in [0.1, 0.15) is 90.9 Å². The van der Waals surface area contributed by atoms with Crippen molar-refractivity contribution in [1.82, 2.24) is 25.0 Å². The van der Waals surface area contributed by atoms with Gasteiger partial charge in [0.1, 0.15) is 17.9 Å². The van der Waals surface area contributed by atoms with Gasteiger partial charge in [0, 0.05) is 92.6 Å². The highest BCUT2D eigenvalue weighted by Crippen LogP contribution is 2.39. The molecular formula is C45H59ClN6O8. The number of nitrogens with two attached hydrogens (primary N) is 1. The molecule has 3 aliphatic rings. The largest absolute Gasteiger partial charge is 0.489 e. The minimum atomic E-state index is -1.61. The summed E-state index contributed by atoms with van der Waals surface area (Å²) in [6, 6.07) is 15.2. The molecule has 2 aromatic carbocycles. The third-order valence-corrected chi connectivity index (χ3v) is 12.6. The highest BCUT2D eigenvalue weighted by molar-refractivity contribution is 6.31. The van der Waals surface area contributed by atoms with E-state index < -0.39 is 24.0 Å². The third-order valence-electron chi connectivity index (χ3n) is 12.2. The van der Waals surface area contributed by atoms with Crippen LogP contribution in [-0.2, 0) is 45.3 Å². The summed E-state index contributed by atoms with van der Waals surface area (Å²) < 4.78 is 12.3. The maximum Gasteiger partial charge on any atom is 0.326 e. The van der Waals surface area contributed by atoms with Crippen molar-refractivity contribution in [3.05, 3.63) is 93.8 Å². The minimum absolute atomic E-state index is 0.0104. The first-order valence-corrected chi connectivity index (χ1v) is 21.4. The summed E-state index contributed by atoms with van der Waals surface area (Å²) in [5.41, 5.74) is 6.92. The summed E-state index contributed by atoms with van der Waals surface area (Å²) >= 11 is 6.78. The number of aliphatic hydroxyl groups excluding tert-OH is 1. The number of aromatic nitrogens is 1. The first-order valence-electron chi connectivity index (χ1n) is 21.1. The van der Waals surface area contributed by atoms with Gasteiger partial charge in [0.05, 0.1) is 24.9 Å². The smallest absolute Gasteiger partial charge is 0.326 e. The number of ether oxygens (including phenoxy) is 2. The Morgan fingerprint density at radius 3 is 2.35 bits per heavy atom. The number of aryl methyl sites for hydroxylation is 1. The summed E-state index contributed by atoms with van der Waals surface area (Å²) in [6.07, 6.45) is 9.80. The van der Waals surface area contributed by atoms with Crippen LogP contribution in [0.4, 0.5) is 0 Å². The Hall–Kier alpha value is -4.60. The molecule has 60 heavy (non-hydrogen) atoms. The normalized spacial score (nSPS) is 20.6. The second-order valence-corrected chi connectivity index (χ2v) is 17.3. The lowest BCUT2D eigenvalue weighted by Crippen LogP contribution is -2.54. The molecule has 3 aromatic rings. The average Bonchev–Trinajstić information content (AvgIpc) is 3.71. The van der Waals surface area contributed by atoms with Gasteiger partial charge in [-0.15, -0.1) is 0 Å². The molecule has 1 unspecified atom stereocenters. The second-order valence-electron chi connectivity index (χ2n) is 16.9. The summed E-state index contributed by atoms with van der Waals surface area (Å²) in [6.45, 7) is 6.86. The fourth-order valence-electron chi connectivity index (χ4n) is 8.56. The molecule has 0 aliphatic carbocycles. The lowest BCUT2D eigenvalue weighted by Gasteiger charge is -2.48. The summed E-state index contributed by atoms with van der Waals surface area (Å²) in [7, 11) is 0. The number of halogens is 1. The quantitative estimate of drug-likeness (QED) is 0.132. The topological polar surface area (TPSA) is 188 Å². The Labute approximate surface area is 357 Å². The maximum atomic E-state index is 13.8. The van der Waals surface area contributed by atoms with Crippen LogP contribution in [-0.4, -0.2) is 118 Å². The highest BCUT2D eigenvalue weighted by atomic mass is 35.5. The van der Waals surface area contributed by atoms with Gasteiger partial charge >= 0.3 is 5.97 Å². The van der Waals surface area contributed by atoms with E-state index in [1.165, 1.54) is 18.7 Å². The summed E-state index contributed by atoms with van der Waals surface area (Å²) in [5.74, 6) is -1.23. The number of piperidine rings is 2. The molecular weight excluding hydrogens is 788 g/mol. The van der Waals surface area contributed by atoms with Crippen LogP contribution in [0.25, 0.3) is 0 Å². The Kier molecular flexibility index (Phi) is 15.6. The number of nitrogens with one attached hydrogen (secondary N) is 1. The molecule has 0 radical (unpaired) electrons. The first-order chi connectivity index (χ1) is 28.8. The van der Waals surface area contributed by atoms with Crippen LogP contribution in [0, 0.1) is 5.41 Å². The average molecular weight is 847 g/mol. The molecule has 324 valence electrons. The molecule has 1 spiro atoms. The number of likely N-dealkylation sites (tertiary alicyclic amines) is 3. The number of pyridine rings is 1. The molecule has 14 nitrogen and oxygen atoms in total. The summed E-state index contributed by atoms with van der Waals surface area (Å²) in [5, 5.41) is 22.7. The number of hydrogen-bond acceptors (Lipinski definition) is 10. The zero-order chi connectivity index (χ0) is 42.7. The molecule has 3 amide bonds. The number of carboxylic acid groups (broad SMARTS) is 1. The third kappa shape index (κ3) is 12.0. The molecule has 0 bridgehead atoms. The van der Waals surface area contributed by atoms with Crippen molar-refractivity contribution in [2.75, 3.05) is 52.4 Å². The Morgan fingerprint density at radius 1 is 0.950 bits per heavy atom. The van der Waals surface area contributed by atoms with Crippen LogP contribution in [0.3, 0.4) is 0 Å². The van der Waals surface area contributed by atoms with Crippen molar-refractivity contribution in [2.45, 2.75) is 96.1 Å². The molecule has 6 rings (SSSR count). The van der Waals surface area contributed by atoms with Gasteiger partial charge in [-0.2, -0.15) is 0 Å². The van der Waals surface area contributed by atoms with E-state index in [0.717, 1.165) is 64.7 Å². The van der Waals surface area contributed by atoms with Gasteiger partial charge in [-0.1, -0.05) is 41.9 Å². The first kappa shape index (κ1) is 44.9. The molecule has 4 heterocycles. The van der Waals surface area contributed by atoms with E-state index in [-0.39, 0.29) is 48.5 Å². The molecule has 3 saturated heterocycles. The van der Waals surface area contributed by atoms with Crippen molar-refractivity contribution >= 4 is 35.3 Å². The van der Waals surface area contributed by atoms with E-state index in [1.807, 2.05) is 28.0 Å². The van der Waals surface area contributed by atoms with E-state index in [0.29, 0.717) is 66.5 Å². The van der Waals surface area contributed by atoms with Gasteiger partial charge in [0.15, 0.2) is 0 Å². The number of carbonyl (C=O) groups is 4. The van der Waals surface area contributed by atoms with Crippen molar-refractivity contribution < 1.29 is 38.9 Å². The van der Waals surface area contributed by atoms with Gasteiger partial charge in [-0.3, -0.25) is 29.5 Å². The predicted molar refractivity (Wildman–Crippen MR) is 226 cm³/mol. The number of carboxylic acids is 1. The van der Waals surface area contributed by atoms with Gasteiger partial charge in [0.2, 0.25) is 17.7 Å². The maximum absolute atomic E-state index is 13.8. The summed E-state index contributed by atoms with van der Waals surface area (Å²) in [4.78, 5) is 61.3. The van der Waals surface area contributed by atoms with E-state index in [2.05, 4.69) is 27.3 Å². The minimum Gasteiger partial charge on any atom is -0.489 e. The number of aliphatic hydroxyl groups is 1. The zero-order valence-electron chi connectivity index (χ0n) is 34.6. The lowest BCUT2D eigenvalue weighted by atomic mass is 9.73. The standard InChI is InChI=1S/C45H59ClN6O8/c1-44(31-53,43(57)58)49-25-35-21-38(46)34(22-39(35)60-28-33-20-36(42(47)56)24-48-23-33)11-12-41(55)52-18-7-15-45(30-52)14-6-17-51(29-45)40(54)10-5-16-50-19-13-37(26-50)59-27-32-8-3-2-4-9-32/h2-4,8-9,20-24,37,49,53H,5-7,10-19,25-31H2,1H3,(H2,47,56)(H,57,58)/t37-,44+,45?/m1/s1. The second kappa shape index (κ2) is 20.8. The molecule has 15 heteroatoms. The molecule has 3 aliphatic heterocycles. The van der Waals surface area contributed by atoms with E-state index in [4.69, 9.17) is 26.8 Å².